The van der Waals surface area contributed by atoms with Gasteiger partial charge in [0.1, 0.15) is 18.4 Å². The van der Waals surface area contributed by atoms with E-state index in [1.165, 1.54) is 12.3 Å². The van der Waals surface area contributed by atoms with Gasteiger partial charge >= 0.3 is 0 Å². The summed E-state index contributed by atoms with van der Waals surface area (Å²) in [7, 11) is 3.87. The third-order valence-corrected chi connectivity index (χ3v) is 6.19. The van der Waals surface area contributed by atoms with Crippen molar-refractivity contribution in [3.05, 3.63) is 94.9 Å². The second kappa shape index (κ2) is 12.9. The first-order valence-corrected chi connectivity index (χ1v) is 12.8. The number of nitrogens with one attached hydrogen (secondary N) is 2. The van der Waals surface area contributed by atoms with Gasteiger partial charge in [-0.3, -0.25) is 14.8 Å². The molecule has 39 heavy (non-hydrogen) atoms. The standard InChI is InChI=1S/C30H29ClN6O2/c1-4-20-14-27-24(16-26(20)36-29(38)9-7-13-37(2)3)30(21(17-32)18-34-27)35-22-10-11-28(25(31)15-22)39-19-23-8-5-6-12-33-23/h5-12,14-16,18H,4,13,19H2,1-3H3,(H,34,35)(H,36,38)/b9-7+. The van der Waals surface area contributed by atoms with E-state index >= 15 is 0 Å². The summed E-state index contributed by atoms with van der Waals surface area (Å²) in [6, 6.07) is 16.9. The van der Waals surface area contributed by atoms with Crippen LogP contribution in [-0.4, -0.2) is 41.4 Å². The van der Waals surface area contributed by atoms with E-state index in [0.29, 0.717) is 63.9 Å². The molecular weight excluding hydrogens is 512 g/mol. The fourth-order valence-corrected chi connectivity index (χ4v) is 4.17. The number of likely N-dealkylation sites (N-methyl/N-ethyl adjacent to an activating group) is 1. The second-order valence-electron chi connectivity index (χ2n) is 9.07. The molecule has 0 aliphatic carbocycles. The molecule has 2 heterocycles. The van der Waals surface area contributed by atoms with Gasteiger partial charge in [0.05, 0.1) is 27.5 Å². The molecule has 198 valence electrons. The van der Waals surface area contributed by atoms with Crippen molar-refractivity contribution < 1.29 is 9.53 Å². The lowest BCUT2D eigenvalue weighted by Gasteiger charge is -2.16. The van der Waals surface area contributed by atoms with Crippen LogP contribution in [0.15, 0.2) is 73.1 Å². The molecule has 2 aromatic heterocycles. The zero-order valence-corrected chi connectivity index (χ0v) is 22.8. The molecular formula is C30H29ClN6O2. The molecule has 0 spiro atoms. The van der Waals surface area contributed by atoms with Crippen molar-refractivity contribution in [2.75, 3.05) is 31.3 Å². The molecule has 0 aliphatic heterocycles. The molecule has 0 bridgehead atoms. The average Bonchev–Trinajstić information content (AvgIpc) is 2.93. The predicted molar refractivity (Wildman–Crippen MR) is 155 cm³/mol. The Morgan fingerprint density at radius 1 is 1.18 bits per heavy atom. The second-order valence-corrected chi connectivity index (χ2v) is 9.48. The molecule has 1 amide bonds. The number of carbonyl (C=O) groups is 1. The van der Waals surface area contributed by atoms with Crippen molar-refractivity contribution in [3.8, 4) is 11.8 Å². The first-order valence-electron chi connectivity index (χ1n) is 12.4. The van der Waals surface area contributed by atoms with Crippen LogP contribution in [0.4, 0.5) is 17.1 Å². The van der Waals surface area contributed by atoms with E-state index in [9.17, 15) is 10.1 Å². The number of aromatic nitrogens is 2. The van der Waals surface area contributed by atoms with Crippen molar-refractivity contribution >= 4 is 45.5 Å². The van der Waals surface area contributed by atoms with Crippen LogP contribution in [-0.2, 0) is 17.8 Å². The van der Waals surface area contributed by atoms with E-state index in [1.807, 2.05) is 62.3 Å². The van der Waals surface area contributed by atoms with Crippen molar-refractivity contribution in [1.82, 2.24) is 14.9 Å². The van der Waals surface area contributed by atoms with Crippen LogP contribution < -0.4 is 15.4 Å². The normalized spacial score (nSPS) is 11.1. The maximum atomic E-state index is 12.6. The van der Waals surface area contributed by atoms with E-state index in [4.69, 9.17) is 16.3 Å². The average molecular weight is 541 g/mol. The monoisotopic (exact) mass is 540 g/mol. The lowest BCUT2D eigenvalue weighted by molar-refractivity contribution is -0.111. The van der Waals surface area contributed by atoms with E-state index in [2.05, 4.69) is 26.7 Å². The zero-order valence-electron chi connectivity index (χ0n) is 22.0. The molecule has 0 unspecified atom stereocenters. The van der Waals surface area contributed by atoms with Gasteiger partial charge in [-0.25, -0.2) is 0 Å². The number of hydrogen-bond donors (Lipinski definition) is 2. The van der Waals surface area contributed by atoms with E-state index in [0.717, 1.165) is 11.3 Å². The molecule has 0 radical (unpaired) electrons. The first-order chi connectivity index (χ1) is 18.9. The SMILES string of the molecule is CCc1cc2ncc(C#N)c(Nc3ccc(OCc4ccccn4)c(Cl)c3)c2cc1NC(=O)/C=C/CN(C)C. The Balaban J connectivity index is 1.63. The summed E-state index contributed by atoms with van der Waals surface area (Å²) < 4.78 is 5.83. The molecule has 0 aliphatic rings. The highest BCUT2D eigenvalue weighted by atomic mass is 35.5. The van der Waals surface area contributed by atoms with Gasteiger partial charge in [-0.15, -0.1) is 0 Å². The van der Waals surface area contributed by atoms with E-state index in [1.54, 1.807) is 24.4 Å². The number of halogens is 1. The number of nitriles is 1. The predicted octanol–water partition coefficient (Wildman–Crippen LogP) is 6.10. The first kappa shape index (κ1) is 27.6. The summed E-state index contributed by atoms with van der Waals surface area (Å²) in [5.41, 5.74) is 4.71. The van der Waals surface area contributed by atoms with Gasteiger partial charge in [0.2, 0.25) is 5.91 Å². The highest BCUT2D eigenvalue weighted by Gasteiger charge is 2.15. The summed E-state index contributed by atoms with van der Waals surface area (Å²) in [4.78, 5) is 23.3. The molecule has 2 aromatic carbocycles. The number of carbonyl (C=O) groups excluding carboxylic acids is 1. The topological polar surface area (TPSA) is 103 Å². The zero-order chi connectivity index (χ0) is 27.8. The van der Waals surface area contributed by atoms with Crippen LogP contribution in [0.1, 0.15) is 23.7 Å². The van der Waals surface area contributed by atoms with Crippen LogP contribution in [0, 0.1) is 11.3 Å². The maximum absolute atomic E-state index is 12.6. The Kier molecular flexibility index (Phi) is 9.10. The maximum Gasteiger partial charge on any atom is 0.248 e. The van der Waals surface area contributed by atoms with Crippen molar-refractivity contribution in [3.63, 3.8) is 0 Å². The number of amides is 1. The van der Waals surface area contributed by atoms with Gasteiger partial charge in [0, 0.05) is 41.8 Å². The molecule has 4 rings (SSSR count). The Bertz CT molecular complexity index is 1550. The van der Waals surface area contributed by atoms with E-state index in [-0.39, 0.29) is 5.91 Å². The van der Waals surface area contributed by atoms with Crippen LogP contribution in [0.2, 0.25) is 5.02 Å². The van der Waals surface area contributed by atoms with Gasteiger partial charge in [-0.1, -0.05) is 30.7 Å². The molecule has 0 saturated carbocycles. The molecule has 0 saturated heterocycles. The molecule has 0 atom stereocenters. The molecule has 9 heteroatoms. The number of rotatable bonds is 10. The molecule has 8 nitrogen and oxygen atoms in total. The number of pyridine rings is 2. The summed E-state index contributed by atoms with van der Waals surface area (Å²) in [5.74, 6) is 0.297. The quantitative estimate of drug-likeness (QED) is 0.234. The minimum Gasteiger partial charge on any atom is -0.486 e. The minimum atomic E-state index is -0.224. The molecule has 4 aromatic rings. The number of nitrogens with zero attached hydrogens (tertiary/aromatic N) is 4. The Morgan fingerprint density at radius 2 is 2.03 bits per heavy atom. The third-order valence-electron chi connectivity index (χ3n) is 5.89. The number of anilines is 3. The number of hydrogen-bond acceptors (Lipinski definition) is 7. The van der Waals surface area contributed by atoms with Crippen molar-refractivity contribution in [1.29, 1.82) is 5.26 Å². The molecule has 0 fully saturated rings. The third kappa shape index (κ3) is 7.11. The van der Waals surface area contributed by atoms with Crippen LogP contribution in [0.25, 0.3) is 10.9 Å². The van der Waals surface area contributed by atoms with Crippen LogP contribution in [0.3, 0.4) is 0 Å². The van der Waals surface area contributed by atoms with Gasteiger partial charge < -0.3 is 20.3 Å². The summed E-state index contributed by atoms with van der Waals surface area (Å²) >= 11 is 6.52. The highest BCUT2D eigenvalue weighted by Crippen LogP contribution is 2.35. The lowest BCUT2D eigenvalue weighted by Crippen LogP contribution is -2.13. The Labute approximate surface area is 232 Å². The highest BCUT2D eigenvalue weighted by molar-refractivity contribution is 6.32. The van der Waals surface area contributed by atoms with Gasteiger partial charge in [0.25, 0.3) is 0 Å². The minimum absolute atomic E-state index is 0.224. The summed E-state index contributed by atoms with van der Waals surface area (Å²) in [6.45, 7) is 2.96. The van der Waals surface area contributed by atoms with Crippen molar-refractivity contribution in [2.24, 2.45) is 0 Å². The number of fused-ring (bicyclic) bond motifs is 1. The van der Waals surface area contributed by atoms with E-state index < -0.39 is 0 Å². The number of ether oxygens (including phenoxy) is 1. The smallest absolute Gasteiger partial charge is 0.248 e. The number of benzene rings is 2. The van der Waals surface area contributed by atoms with Gasteiger partial charge in [0.15, 0.2) is 0 Å². The molecule has 2 N–H and O–H groups in total. The van der Waals surface area contributed by atoms with Crippen LogP contribution >= 0.6 is 11.6 Å². The summed E-state index contributed by atoms with van der Waals surface area (Å²) in [5, 5.41) is 17.2. The van der Waals surface area contributed by atoms with Crippen LogP contribution in [0.5, 0.6) is 5.75 Å². The van der Waals surface area contributed by atoms with Gasteiger partial charge in [-0.05, 0) is 68.5 Å². The fourth-order valence-electron chi connectivity index (χ4n) is 3.93. The fraction of sp³-hybridized carbons (Fsp3) is 0.200. The van der Waals surface area contributed by atoms with Gasteiger partial charge in [-0.2, -0.15) is 5.26 Å². The summed E-state index contributed by atoms with van der Waals surface area (Å²) in [6.07, 6.45) is 7.27. The lowest BCUT2D eigenvalue weighted by atomic mass is 10.0. The Hall–Kier alpha value is -4.45. The van der Waals surface area contributed by atoms with Crippen molar-refractivity contribution in [2.45, 2.75) is 20.0 Å². The number of aryl methyl sites for hydroxylation is 1. The Morgan fingerprint density at radius 3 is 2.72 bits per heavy atom. The largest absolute Gasteiger partial charge is 0.486 e.